The van der Waals surface area contributed by atoms with Crippen LogP contribution in [0.4, 0.5) is 0 Å². The molecule has 2 atom stereocenters. The smallest absolute Gasteiger partial charge is 0.119 e. The van der Waals surface area contributed by atoms with Crippen molar-refractivity contribution < 1.29 is 5.11 Å². The third-order valence-electron chi connectivity index (χ3n) is 4.23. The van der Waals surface area contributed by atoms with E-state index < -0.39 is 0 Å². The van der Waals surface area contributed by atoms with Gasteiger partial charge in [0.05, 0.1) is 0 Å². The Labute approximate surface area is 104 Å². The Morgan fingerprint density at radius 1 is 1.47 bits per heavy atom. The molecule has 0 bridgehead atoms. The zero-order chi connectivity index (χ0) is 12.4. The number of phenols is 1. The summed E-state index contributed by atoms with van der Waals surface area (Å²) >= 11 is 0. The summed E-state index contributed by atoms with van der Waals surface area (Å²) in [4.78, 5) is 2.46. The lowest BCUT2D eigenvalue weighted by atomic mass is 9.86. The van der Waals surface area contributed by atoms with Gasteiger partial charge in [-0.25, -0.2) is 0 Å². The minimum Gasteiger partial charge on any atom is -0.508 e. The number of fused-ring (bicyclic) bond motifs is 1. The molecule has 2 heteroatoms. The van der Waals surface area contributed by atoms with Crippen LogP contribution >= 0.6 is 0 Å². The molecule has 0 heterocycles. The van der Waals surface area contributed by atoms with E-state index in [4.69, 9.17) is 0 Å². The van der Waals surface area contributed by atoms with Gasteiger partial charge in [0.2, 0.25) is 0 Å². The first-order chi connectivity index (χ1) is 8.15. The minimum absolute atomic E-state index is 0.473. The van der Waals surface area contributed by atoms with Gasteiger partial charge in [0.25, 0.3) is 0 Å². The fraction of sp³-hybridized carbons (Fsp3) is 0.600. The van der Waals surface area contributed by atoms with Crippen molar-refractivity contribution in [2.24, 2.45) is 0 Å². The molecule has 1 aliphatic carbocycles. The fourth-order valence-electron chi connectivity index (χ4n) is 2.82. The van der Waals surface area contributed by atoms with Gasteiger partial charge < -0.3 is 5.11 Å². The van der Waals surface area contributed by atoms with Gasteiger partial charge in [0.15, 0.2) is 0 Å². The molecule has 0 spiro atoms. The quantitative estimate of drug-likeness (QED) is 0.863. The van der Waals surface area contributed by atoms with Gasteiger partial charge in [-0.15, -0.1) is 0 Å². The number of nitrogens with zero attached hydrogens (tertiary/aromatic N) is 1. The normalized spacial score (nSPS) is 21.3. The molecule has 0 saturated carbocycles. The van der Waals surface area contributed by atoms with Gasteiger partial charge in [-0.05, 0) is 56.8 Å². The van der Waals surface area contributed by atoms with E-state index in [9.17, 15) is 5.11 Å². The molecule has 1 aromatic rings. The Bertz CT molecular complexity index is 389. The Kier molecular flexibility index (Phi) is 3.72. The molecule has 17 heavy (non-hydrogen) atoms. The number of phenolic OH excluding ortho intramolecular Hbond substituents is 1. The molecule has 2 unspecified atom stereocenters. The lowest BCUT2D eigenvalue weighted by Crippen LogP contribution is -2.34. The van der Waals surface area contributed by atoms with E-state index >= 15 is 0 Å². The summed E-state index contributed by atoms with van der Waals surface area (Å²) in [5, 5.41) is 9.93. The van der Waals surface area contributed by atoms with Gasteiger partial charge in [0, 0.05) is 12.1 Å². The molecular formula is C15H23NO. The molecule has 1 N–H and O–H groups in total. The summed E-state index contributed by atoms with van der Waals surface area (Å²) in [7, 11) is 2.21. The predicted molar refractivity (Wildman–Crippen MR) is 71.3 cm³/mol. The van der Waals surface area contributed by atoms with Crippen LogP contribution in [0.2, 0.25) is 0 Å². The molecule has 1 aliphatic rings. The SMILES string of the molecule is CCC(C)N(C)C1CCCc2c(O)cccc21. The van der Waals surface area contributed by atoms with Crippen molar-refractivity contribution in [3.63, 3.8) is 0 Å². The molecule has 2 nitrogen and oxygen atoms in total. The molecule has 0 radical (unpaired) electrons. The summed E-state index contributed by atoms with van der Waals surface area (Å²) in [5.41, 5.74) is 2.50. The van der Waals surface area contributed by atoms with Gasteiger partial charge in [-0.1, -0.05) is 19.1 Å². The van der Waals surface area contributed by atoms with Crippen molar-refractivity contribution in [3.05, 3.63) is 29.3 Å². The summed E-state index contributed by atoms with van der Waals surface area (Å²) in [6, 6.07) is 7.02. The van der Waals surface area contributed by atoms with Crippen LogP contribution < -0.4 is 0 Å². The Morgan fingerprint density at radius 2 is 2.24 bits per heavy atom. The first-order valence-corrected chi connectivity index (χ1v) is 6.67. The first kappa shape index (κ1) is 12.4. The summed E-state index contributed by atoms with van der Waals surface area (Å²) in [6.07, 6.45) is 4.57. The number of benzene rings is 1. The van der Waals surface area contributed by atoms with Crippen LogP contribution in [-0.4, -0.2) is 23.1 Å². The maximum atomic E-state index is 9.93. The summed E-state index contributed by atoms with van der Waals surface area (Å²) < 4.78 is 0. The molecule has 0 aliphatic heterocycles. The van der Waals surface area contributed by atoms with Crippen LogP contribution in [0.3, 0.4) is 0 Å². The van der Waals surface area contributed by atoms with E-state index in [0.717, 1.165) is 6.42 Å². The van der Waals surface area contributed by atoms with Gasteiger partial charge >= 0.3 is 0 Å². The van der Waals surface area contributed by atoms with E-state index in [-0.39, 0.29) is 0 Å². The summed E-state index contributed by atoms with van der Waals surface area (Å²) in [6.45, 7) is 4.50. The van der Waals surface area contributed by atoms with Crippen molar-refractivity contribution in [2.75, 3.05) is 7.05 Å². The predicted octanol–water partition coefficient (Wildman–Crippen LogP) is 3.50. The second-order valence-electron chi connectivity index (χ2n) is 5.18. The van der Waals surface area contributed by atoms with E-state index in [0.29, 0.717) is 17.8 Å². The molecule has 1 aromatic carbocycles. The van der Waals surface area contributed by atoms with Crippen molar-refractivity contribution in [1.82, 2.24) is 4.90 Å². The monoisotopic (exact) mass is 233 g/mol. The van der Waals surface area contributed by atoms with E-state index in [2.05, 4.69) is 31.9 Å². The van der Waals surface area contributed by atoms with Crippen LogP contribution in [0.5, 0.6) is 5.75 Å². The van der Waals surface area contributed by atoms with Crippen LogP contribution in [0, 0.1) is 0 Å². The second-order valence-corrected chi connectivity index (χ2v) is 5.18. The molecule has 94 valence electrons. The Morgan fingerprint density at radius 3 is 2.94 bits per heavy atom. The van der Waals surface area contributed by atoms with Crippen molar-refractivity contribution >= 4 is 0 Å². The standard InChI is InChI=1S/C15H23NO/c1-4-11(2)16(3)14-9-5-8-13-12(14)7-6-10-15(13)17/h6-7,10-11,14,17H,4-5,8-9H2,1-3H3. The second kappa shape index (κ2) is 5.09. The van der Waals surface area contributed by atoms with Gasteiger partial charge in [-0.2, -0.15) is 0 Å². The number of hydrogen-bond donors (Lipinski definition) is 1. The Hall–Kier alpha value is -1.02. The van der Waals surface area contributed by atoms with E-state index in [1.54, 1.807) is 0 Å². The van der Waals surface area contributed by atoms with Crippen molar-refractivity contribution in [3.8, 4) is 5.75 Å². The van der Waals surface area contributed by atoms with Gasteiger partial charge in [0.1, 0.15) is 5.75 Å². The number of aromatic hydroxyl groups is 1. The van der Waals surface area contributed by atoms with E-state index in [1.165, 1.54) is 30.4 Å². The van der Waals surface area contributed by atoms with Crippen LogP contribution in [0.15, 0.2) is 18.2 Å². The van der Waals surface area contributed by atoms with Crippen LogP contribution in [0.25, 0.3) is 0 Å². The average molecular weight is 233 g/mol. The maximum Gasteiger partial charge on any atom is 0.119 e. The largest absolute Gasteiger partial charge is 0.508 e. The van der Waals surface area contributed by atoms with Gasteiger partial charge in [-0.3, -0.25) is 4.90 Å². The molecule has 0 aromatic heterocycles. The molecule has 0 fully saturated rings. The molecule has 0 amide bonds. The topological polar surface area (TPSA) is 23.5 Å². The average Bonchev–Trinajstić information content (AvgIpc) is 2.37. The highest BCUT2D eigenvalue weighted by Crippen LogP contribution is 2.38. The molecular weight excluding hydrogens is 210 g/mol. The maximum absolute atomic E-state index is 9.93. The third-order valence-corrected chi connectivity index (χ3v) is 4.23. The Balaban J connectivity index is 2.31. The third kappa shape index (κ3) is 2.32. The lowest BCUT2D eigenvalue weighted by molar-refractivity contribution is 0.163. The highest BCUT2D eigenvalue weighted by Gasteiger charge is 2.27. The van der Waals surface area contributed by atoms with Crippen LogP contribution in [-0.2, 0) is 6.42 Å². The minimum atomic E-state index is 0.473. The zero-order valence-corrected chi connectivity index (χ0v) is 11.1. The zero-order valence-electron chi connectivity index (χ0n) is 11.1. The molecule has 2 rings (SSSR count). The summed E-state index contributed by atoms with van der Waals surface area (Å²) in [5.74, 6) is 0.477. The number of rotatable bonds is 3. The first-order valence-electron chi connectivity index (χ1n) is 6.67. The fourth-order valence-corrected chi connectivity index (χ4v) is 2.82. The van der Waals surface area contributed by atoms with Crippen LogP contribution in [0.1, 0.15) is 50.3 Å². The van der Waals surface area contributed by atoms with Crippen molar-refractivity contribution in [1.29, 1.82) is 0 Å². The highest BCUT2D eigenvalue weighted by atomic mass is 16.3. The van der Waals surface area contributed by atoms with E-state index in [1.807, 2.05) is 12.1 Å². The van der Waals surface area contributed by atoms with Crippen molar-refractivity contribution in [2.45, 2.75) is 51.6 Å². The number of hydrogen-bond acceptors (Lipinski definition) is 2. The highest BCUT2D eigenvalue weighted by molar-refractivity contribution is 5.42. The lowest BCUT2D eigenvalue weighted by Gasteiger charge is -2.37. The molecule has 0 saturated heterocycles.